The van der Waals surface area contributed by atoms with Crippen molar-refractivity contribution in [2.45, 2.75) is 19.4 Å². The Morgan fingerprint density at radius 1 is 1.09 bits per heavy atom. The normalized spacial score (nSPS) is 11.6. The van der Waals surface area contributed by atoms with Gasteiger partial charge in [-0.15, -0.1) is 0 Å². The Morgan fingerprint density at radius 3 is 2.35 bits per heavy atom. The van der Waals surface area contributed by atoms with Gasteiger partial charge in [0.1, 0.15) is 5.75 Å². The van der Waals surface area contributed by atoms with Crippen LogP contribution in [-0.2, 0) is 4.79 Å². The largest absolute Gasteiger partial charge is 0.481 e. The molecule has 0 aromatic heterocycles. The summed E-state index contributed by atoms with van der Waals surface area (Å²) in [5.41, 5.74) is 1.18. The number of hydrogen-bond acceptors (Lipinski definition) is 3. The number of anilines is 1. The average Bonchev–Trinajstić information content (AvgIpc) is 2.60. The van der Waals surface area contributed by atoms with E-state index in [-0.39, 0.29) is 5.91 Å². The van der Waals surface area contributed by atoms with Gasteiger partial charge in [-0.25, -0.2) is 0 Å². The van der Waals surface area contributed by atoms with E-state index in [1.54, 1.807) is 6.92 Å². The highest BCUT2D eigenvalue weighted by atomic mass is 16.5. The minimum atomic E-state index is -0.496. The van der Waals surface area contributed by atoms with Crippen LogP contribution >= 0.6 is 0 Å². The van der Waals surface area contributed by atoms with E-state index in [4.69, 9.17) is 4.74 Å². The summed E-state index contributed by atoms with van der Waals surface area (Å²) in [5, 5.41) is 2.92. The second kappa shape index (κ2) is 8.83. The van der Waals surface area contributed by atoms with Crippen molar-refractivity contribution in [3.8, 4) is 5.75 Å². The minimum absolute atomic E-state index is 0.0868. The fraction of sp³-hybridized carbons (Fsp3) is 0.316. The van der Waals surface area contributed by atoms with Crippen molar-refractivity contribution in [3.63, 3.8) is 0 Å². The number of carbonyl (C=O) groups is 1. The number of carbonyl (C=O) groups excluding carboxylic acids is 1. The lowest BCUT2D eigenvalue weighted by Gasteiger charge is -2.19. The molecule has 2 aromatic rings. The maximum atomic E-state index is 12.0. The zero-order chi connectivity index (χ0) is 16.5. The van der Waals surface area contributed by atoms with Gasteiger partial charge in [0.05, 0.1) is 0 Å². The molecule has 1 unspecified atom stereocenters. The Balaban J connectivity index is 1.66. The van der Waals surface area contributed by atoms with Gasteiger partial charge >= 0.3 is 0 Å². The van der Waals surface area contributed by atoms with E-state index in [9.17, 15) is 4.79 Å². The van der Waals surface area contributed by atoms with E-state index in [2.05, 4.69) is 29.4 Å². The Hall–Kier alpha value is -2.49. The highest BCUT2D eigenvalue weighted by Gasteiger charge is 2.13. The molecule has 2 aromatic carbocycles. The van der Waals surface area contributed by atoms with Crippen LogP contribution in [0, 0.1) is 0 Å². The average molecular weight is 312 g/mol. The van der Waals surface area contributed by atoms with Gasteiger partial charge in [0.25, 0.3) is 5.91 Å². The van der Waals surface area contributed by atoms with Crippen LogP contribution in [0.15, 0.2) is 60.7 Å². The molecule has 23 heavy (non-hydrogen) atoms. The number of nitrogens with one attached hydrogen (secondary N) is 1. The molecule has 1 atom stereocenters. The zero-order valence-corrected chi connectivity index (χ0v) is 13.7. The van der Waals surface area contributed by atoms with Crippen molar-refractivity contribution < 1.29 is 9.53 Å². The topological polar surface area (TPSA) is 41.6 Å². The van der Waals surface area contributed by atoms with Crippen LogP contribution in [0.25, 0.3) is 0 Å². The van der Waals surface area contributed by atoms with Crippen LogP contribution in [0.2, 0.25) is 0 Å². The predicted molar refractivity (Wildman–Crippen MR) is 93.9 cm³/mol. The molecule has 1 amide bonds. The third-order valence-corrected chi connectivity index (χ3v) is 3.59. The van der Waals surface area contributed by atoms with Crippen molar-refractivity contribution in [1.29, 1.82) is 0 Å². The second-order valence-electron chi connectivity index (χ2n) is 5.47. The molecule has 0 spiro atoms. The molecular weight excluding hydrogens is 288 g/mol. The van der Waals surface area contributed by atoms with Crippen molar-refractivity contribution in [1.82, 2.24) is 5.32 Å². The smallest absolute Gasteiger partial charge is 0.260 e. The maximum Gasteiger partial charge on any atom is 0.260 e. The van der Waals surface area contributed by atoms with Gasteiger partial charge in [0.15, 0.2) is 6.10 Å². The van der Waals surface area contributed by atoms with Crippen LogP contribution in [-0.4, -0.2) is 32.1 Å². The number of nitrogens with zero attached hydrogens (tertiary/aromatic N) is 1. The van der Waals surface area contributed by atoms with Gasteiger partial charge in [-0.2, -0.15) is 0 Å². The summed E-state index contributed by atoms with van der Waals surface area (Å²) in [6.07, 6.45) is 0.388. The highest BCUT2D eigenvalue weighted by molar-refractivity contribution is 5.80. The molecule has 0 radical (unpaired) electrons. The molecule has 0 saturated carbocycles. The number of rotatable bonds is 8. The van der Waals surface area contributed by atoms with Gasteiger partial charge in [0, 0.05) is 25.8 Å². The van der Waals surface area contributed by atoms with Crippen molar-refractivity contribution in [2.75, 3.05) is 25.0 Å². The molecule has 4 nitrogen and oxygen atoms in total. The lowest BCUT2D eigenvalue weighted by atomic mass is 10.3. The van der Waals surface area contributed by atoms with Crippen LogP contribution in [0.5, 0.6) is 5.75 Å². The van der Waals surface area contributed by atoms with Crippen LogP contribution < -0.4 is 15.0 Å². The fourth-order valence-electron chi connectivity index (χ4n) is 2.24. The quantitative estimate of drug-likeness (QED) is 0.762. The summed E-state index contributed by atoms with van der Waals surface area (Å²) in [6, 6.07) is 19.6. The summed E-state index contributed by atoms with van der Waals surface area (Å²) in [5.74, 6) is 0.621. The number of benzene rings is 2. The SMILES string of the molecule is CC(Oc1ccccc1)C(=O)NCCCN(C)c1ccccc1. The third kappa shape index (κ3) is 5.66. The van der Waals surface area contributed by atoms with Crippen molar-refractivity contribution >= 4 is 11.6 Å². The number of hydrogen-bond donors (Lipinski definition) is 1. The van der Waals surface area contributed by atoms with Crippen molar-refractivity contribution in [3.05, 3.63) is 60.7 Å². The number of ether oxygens (including phenoxy) is 1. The second-order valence-corrected chi connectivity index (χ2v) is 5.47. The van der Waals surface area contributed by atoms with Crippen LogP contribution in [0.1, 0.15) is 13.3 Å². The first kappa shape index (κ1) is 16.9. The van der Waals surface area contributed by atoms with Gasteiger partial charge in [-0.1, -0.05) is 36.4 Å². The first-order chi connectivity index (χ1) is 11.2. The van der Waals surface area contributed by atoms with Crippen LogP contribution in [0.3, 0.4) is 0 Å². The molecule has 0 fully saturated rings. The fourth-order valence-corrected chi connectivity index (χ4v) is 2.24. The third-order valence-electron chi connectivity index (χ3n) is 3.59. The van der Waals surface area contributed by atoms with E-state index < -0.39 is 6.10 Å². The maximum absolute atomic E-state index is 12.0. The van der Waals surface area contributed by atoms with E-state index >= 15 is 0 Å². The molecule has 0 aliphatic rings. The van der Waals surface area contributed by atoms with E-state index in [0.29, 0.717) is 12.3 Å². The lowest BCUT2D eigenvalue weighted by molar-refractivity contribution is -0.127. The lowest BCUT2D eigenvalue weighted by Crippen LogP contribution is -2.37. The Bertz CT molecular complexity index is 587. The first-order valence-corrected chi connectivity index (χ1v) is 7.92. The Morgan fingerprint density at radius 2 is 1.70 bits per heavy atom. The molecule has 4 heteroatoms. The van der Waals surface area contributed by atoms with E-state index in [1.807, 2.05) is 48.5 Å². The molecule has 0 saturated heterocycles. The Labute approximate surface area is 138 Å². The minimum Gasteiger partial charge on any atom is -0.481 e. The highest BCUT2D eigenvalue weighted by Crippen LogP contribution is 2.11. The Kier molecular flexibility index (Phi) is 6.48. The molecule has 2 rings (SSSR count). The summed E-state index contributed by atoms with van der Waals surface area (Å²) in [7, 11) is 2.05. The summed E-state index contributed by atoms with van der Waals surface area (Å²) < 4.78 is 5.60. The number of amides is 1. The molecule has 0 aliphatic carbocycles. The van der Waals surface area contributed by atoms with Gasteiger partial charge < -0.3 is 15.0 Å². The molecule has 0 aliphatic heterocycles. The van der Waals surface area contributed by atoms with Crippen molar-refractivity contribution in [2.24, 2.45) is 0 Å². The molecule has 0 heterocycles. The molecule has 1 N–H and O–H groups in total. The number of para-hydroxylation sites is 2. The molecular formula is C19H24N2O2. The monoisotopic (exact) mass is 312 g/mol. The summed E-state index contributed by atoms with van der Waals surface area (Å²) in [6.45, 7) is 3.29. The zero-order valence-electron chi connectivity index (χ0n) is 13.7. The summed E-state index contributed by atoms with van der Waals surface area (Å²) >= 11 is 0. The van der Waals surface area contributed by atoms with Crippen LogP contribution in [0.4, 0.5) is 5.69 Å². The van der Waals surface area contributed by atoms with Gasteiger partial charge in [0.2, 0.25) is 0 Å². The summed E-state index contributed by atoms with van der Waals surface area (Å²) in [4.78, 5) is 14.2. The molecule has 122 valence electrons. The van der Waals surface area contributed by atoms with Gasteiger partial charge in [-0.3, -0.25) is 4.79 Å². The van der Waals surface area contributed by atoms with Gasteiger partial charge in [-0.05, 0) is 37.6 Å². The first-order valence-electron chi connectivity index (χ1n) is 7.92. The van der Waals surface area contributed by atoms with E-state index in [0.717, 1.165) is 13.0 Å². The standard InChI is InChI=1S/C19H24N2O2/c1-16(23-18-12-7-4-8-13-18)19(22)20-14-9-15-21(2)17-10-5-3-6-11-17/h3-8,10-13,16H,9,14-15H2,1-2H3,(H,20,22). The van der Waals surface area contributed by atoms with E-state index in [1.165, 1.54) is 5.69 Å². The predicted octanol–water partition coefficient (Wildman–Crippen LogP) is 3.10. The molecule has 0 bridgehead atoms.